The summed E-state index contributed by atoms with van der Waals surface area (Å²) in [5.74, 6) is 0.673. The third-order valence-corrected chi connectivity index (χ3v) is 5.14. The molecule has 0 aliphatic carbocycles. The van der Waals surface area contributed by atoms with Crippen molar-refractivity contribution >= 4 is 6.03 Å². The van der Waals surface area contributed by atoms with Crippen molar-refractivity contribution < 1.29 is 9.53 Å². The molecule has 1 N–H and O–H groups in total. The number of carbonyl (C=O) groups is 1. The third kappa shape index (κ3) is 3.67. The van der Waals surface area contributed by atoms with E-state index >= 15 is 0 Å². The van der Waals surface area contributed by atoms with Crippen LogP contribution in [0.1, 0.15) is 12.8 Å². The molecule has 26 heavy (non-hydrogen) atoms. The molecule has 7 heteroatoms. The zero-order valence-electron chi connectivity index (χ0n) is 15.0. The summed E-state index contributed by atoms with van der Waals surface area (Å²) < 4.78 is 7.45. The highest BCUT2D eigenvalue weighted by Crippen LogP contribution is 2.23. The number of amides is 2. The first-order chi connectivity index (χ1) is 12.7. The highest BCUT2D eigenvalue weighted by atomic mass is 16.5. The Bertz CT molecular complexity index is 775. The number of nitrogens with one attached hydrogen (secondary N) is 1. The van der Waals surface area contributed by atoms with Gasteiger partial charge in [0, 0.05) is 44.5 Å². The van der Waals surface area contributed by atoms with Crippen LogP contribution >= 0.6 is 0 Å². The Labute approximate surface area is 153 Å². The lowest BCUT2D eigenvalue weighted by Gasteiger charge is -2.37. The van der Waals surface area contributed by atoms with E-state index in [0.717, 1.165) is 30.8 Å². The minimum Gasteiger partial charge on any atom is -0.473 e. The number of hydrogen-bond donors (Lipinski definition) is 1. The maximum atomic E-state index is 12.4. The Morgan fingerprint density at radius 1 is 1.35 bits per heavy atom. The Morgan fingerprint density at radius 3 is 3.12 bits per heavy atom. The molecule has 1 aromatic carbocycles. The van der Waals surface area contributed by atoms with Crippen LogP contribution in [-0.4, -0.2) is 64.6 Å². The van der Waals surface area contributed by atoms with Gasteiger partial charge in [-0.3, -0.25) is 9.58 Å². The summed E-state index contributed by atoms with van der Waals surface area (Å²) in [6.07, 6.45) is 6.18. The van der Waals surface area contributed by atoms with Crippen molar-refractivity contribution in [3.8, 4) is 16.9 Å². The number of ether oxygens (including phenoxy) is 1. The predicted octanol–water partition coefficient (Wildman–Crippen LogP) is 1.71. The molecule has 1 radical (unpaired) electrons. The van der Waals surface area contributed by atoms with Crippen molar-refractivity contribution in [3.63, 3.8) is 0 Å². The summed E-state index contributed by atoms with van der Waals surface area (Å²) in [6.45, 7) is 3.89. The van der Waals surface area contributed by atoms with Crippen LogP contribution < -0.4 is 10.1 Å². The molecule has 2 aromatic rings. The van der Waals surface area contributed by atoms with Gasteiger partial charge in [-0.2, -0.15) is 5.10 Å². The summed E-state index contributed by atoms with van der Waals surface area (Å²) in [5.41, 5.74) is 1.99. The summed E-state index contributed by atoms with van der Waals surface area (Å²) in [6, 6.07) is 9.14. The van der Waals surface area contributed by atoms with E-state index in [2.05, 4.69) is 21.4 Å². The summed E-state index contributed by atoms with van der Waals surface area (Å²) >= 11 is 0. The molecule has 2 amide bonds. The highest BCUT2D eigenvalue weighted by Gasteiger charge is 2.32. The second-order valence-corrected chi connectivity index (χ2v) is 6.91. The van der Waals surface area contributed by atoms with Crippen molar-refractivity contribution in [1.82, 2.24) is 24.9 Å². The van der Waals surface area contributed by atoms with Gasteiger partial charge in [-0.1, -0.05) is 0 Å². The quantitative estimate of drug-likeness (QED) is 0.849. The van der Waals surface area contributed by atoms with Gasteiger partial charge in [0.2, 0.25) is 0 Å². The van der Waals surface area contributed by atoms with Gasteiger partial charge in [-0.05, 0) is 49.2 Å². The average Bonchev–Trinajstić information content (AvgIpc) is 3.30. The standard InChI is InChI=1S/C19H24N5O2/c1-22-12-16(11-21-22)15-4-2-6-18(10-15)26-14-20-19(25)24-9-8-23-7-3-5-17(23)13-24/h4,6,10-12,17H,3,5,7-9,13-14H2,1H3,(H,20,25). The molecule has 2 saturated heterocycles. The molecule has 137 valence electrons. The molecule has 3 heterocycles. The molecule has 2 aliphatic rings. The Balaban J connectivity index is 1.28. The first-order valence-corrected chi connectivity index (χ1v) is 9.09. The number of hydrogen-bond acceptors (Lipinski definition) is 4. The van der Waals surface area contributed by atoms with Crippen molar-refractivity contribution in [2.45, 2.75) is 18.9 Å². The third-order valence-electron chi connectivity index (χ3n) is 5.14. The van der Waals surface area contributed by atoms with Gasteiger partial charge in [0.25, 0.3) is 0 Å². The second-order valence-electron chi connectivity index (χ2n) is 6.91. The fourth-order valence-corrected chi connectivity index (χ4v) is 3.74. The smallest absolute Gasteiger partial charge is 0.320 e. The maximum absolute atomic E-state index is 12.4. The van der Waals surface area contributed by atoms with Gasteiger partial charge >= 0.3 is 6.03 Å². The van der Waals surface area contributed by atoms with Crippen LogP contribution in [0.4, 0.5) is 4.79 Å². The van der Waals surface area contributed by atoms with Gasteiger partial charge in [-0.15, -0.1) is 0 Å². The van der Waals surface area contributed by atoms with E-state index in [4.69, 9.17) is 4.74 Å². The number of aromatic nitrogens is 2. The molecule has 2 fully saturated rings. The topological polar surface area (TPSA) is 62.6 Å². The second kappa shape index (κ2) is 7.37. The normalized spacial score (nSPS) is 20.0. The average molecular weight is 354 g/mol. The first-order valence-electron chi connectivity index (χ1n) is 9.09. The molecule has 1 aromatic heterocycles. The van der Waals surface area contributed by atoms with Gasteiger partial charge in [-0.25, -0.2) is 4.79 Å². The van der Waals surface area contributed by atoms with E-state index in [-0.39, 0.29) is 12.8 Å². The molecule has 1 unspecified atom stereocenters. The summed E-state index contributed by atoms with van der Waals surface area (Å²) in [5, 5.41) is 7.04. The van der Waals surface area contributed by atoms with Crippen LogP contribution in [0.25, 0.3) is 11.1 Å². The molecular weight excluding hydrogens is 330 g/mol. The number of rotatable bonds is 4. The lowest BCUT2D eigenvalue weighted by atomic mass is 10.1. The molecule has 0 bridgehead atoms. The minimum atomic E-state index is -0.0519. The van der Waals surface area contributed by atoms with Crippen LogP contribution in [0.2, 0.25) is 0 Å². The van der Waals surface area contributed by atoms with Crippen molar-refractivity contribution in [2.24, 2.45) is 7.05 Å². The van der Waals surface area contributed by atoms with Crippen LogP contribution in [0.3, 0.4) is 0 Å². The molecule has 0 saturated carbocycles. The Morgan fingerprint density at radius 2 is 2.27 bits per heavy atom. The molecule has 0 spiro atoms. The fraction of sp³-hybridized carbons (Fsp3) is 0.474. The van der Waals surface area contributed by atoms with Gasteiger partial charge < -0.3 is 15.0 Å². The minimum absolute atomic E-state index is 0.0519. The molecule has 1 atom stereocenters. The SMILES string of the molecule is Cn1cc(-c2c[c]cc(OCNC(=O)N3CCN4CCCC4C3)c2)cn1. The predicted molar refractivity (Wildman–Crippen MR) is 97.7 cm³/mol. The first kappa shape index (κ1) is 16.9. The Kier molecular flexibility index (Phi) is 4.79. The number of fused-ring (bicyclic) bond motifs is 1. The van der Waals surface area contributed by atoms with Crippen LogP contribution in [0.15, 0.2) is 30.6 Å². The summed E-state index contributed by atoms with van der Waals surface area (Å²) in [7, 11) is 1.88. The van der Waals surface area contributed by atoms with Gasteiger partial charge in [0.05, 0.1) is 6.20 Å². The number of benzene rings is 1. The summed E-state index contributed by atoms with van der Waals surface area (Å²) in [4.78, 5) is 16.7. The van der Waals surface area contributed by atoms with Gasteiger partial charge in [0.1, 0.15) is 5.75 Å². The van der Waals surface area contributed by atoms with E-state index in [9.17, 15) is 4.79 Å². The molecular formula is C19H24N5O2. The van der Waals surface area contributed by atoms with Gasteiger partial charge in [0.15, 0.2) is 6.73 Å². The zero-order valence-corrected chi connectivity index (χ0v) is 15.0. The van der Waals surface area contributed by atoms with E-state index in [1.165, 1.54) is 19.4 Å². The van der Waals surface area contributed by atoms with Crippen LogP contribution in [0.5, 0.6) is 5.75 Å². The highest BCUT2D eigenvalue weighted by molar-refractivity contribution is 5.74. The monoisotopic (exact) mass is 354 g/mol. The lowest BCUT2D eigenvalue weighted by Crippen LogP contribution is -2.54. The van der Waals surface area contributed by atoms with E-state index in [0.29, 0.717) is 11.8 Å². The Hall–Kier alpha value is -2.54. The van der Waals surface area contributed by atoms with E-state index in [1.807, 2.05) is 30.3 Å². The number of nitrogens with zero attached hydrogens (tertiary/aromatic N) is 4. The number of aryl methyl sites for hydroxylation is 1. The zero-order chi connectivity index (χ0) is 17.9. The van der Waals surface area contributed by atoms with E-state index in [1.54, 1.807) is 16.9 Å². The van der Waals surface area contributed by atoms with Crippen molar-refractivity contribution in [3.05, 3.63) is 36.7 Å². The van der Waals surface area contributed by atoms with Crippen LogP contribution in [-0.2, 0) is 7.05 Å². The number of urea groups is 1. The van der Waals surface area contributed by atoms with Crippen LogP contribution in [0, 0.1) is 6.07 Å². The van der Waals surface area contributed by atoms with Crippen molar-refractivity contribution in [2.75, 3.05) is 32.9 Å². The number of carbonyl (C=O) groups excluding carboxylic acids is 1. The molecule has 7 nitrogen and oxygen atoms in total. The lowest BCUT2D eigenvalue weighted by molar-refractivity contribution is 0.113. The fourth-order valence-electron chi connectivity index (χ4n) is 3.74. The number of piperazine rings is 1. The molecule has 4 rings (SSSR count). The maximum Gasteiger partial charge on any atom is 0.320 e. The molecule has 2 aliphatic heterocycles. The van der Waals surface area contributed by atoms with E-state index < -0.39 is 0 Å². The van der Waals surface area contributed by atoms with Crippen molar-refractivity contribution in [1.29, 1.82) is 0 Å². The largest absolute Gasteiger partial charge is 0.473 e.